The fourth-order valence-electron chi connectivity index (χ4n) is 7.27. The molecule has 6 nitrogen and oxygen atoms in total. The molecule has 4 aliphatic rings. The van der Waals surface area contributed by atoms with E-state index in [4.69, 9.17) is 0 Å². The molecule has 26 heavy (non-hydrogen) atoms. The molecule has 6 N–H and O–H groups in total. The van der Waals surface area contributed by atoms with Crippen LogP contribution >= 0.6 is 0 Å². The summed E-state index contributed by atoms with van der Waals surface area (Å²) in [5, 5.41) is 66.1. The van der Waals surface area contributed by atoms with Gasteiger partial charge in [-0.3, -0.25) is 0 Å². The molecule has 4 rings (SSSR count). The maximum atomic E-state index is 11.6. The largest absolute Gasteiger partial charge is 0.390 e. The molecule has 1 spiro atoms. The van der Waals surface area contributed by atoms with Crippen LogP contribution in [0.4, 0.5) is 0 Å². The van der Waals surface area contributed by atoms with Gasteiger partial charge in [0.1, 0.15) is 5.60 Å². The fourth-order valence-corrected chi connectivity index (χ4v) is 7.27. The first-order valence-corrected chi connectivity index (χ1v) is 9.71. The van der Waals surface area contributed by atoms with Crippen LogP contribution in [0.2, 0.25) is 0 Å². The van der Waals surface area contributed by atoms with Gasteiger partial charge in [0.15, 0.2) is 0 Å². The summed E-state index contributed by atoms with van der Waals surface area (Å²) in [6, 6.07) is 0. The molecule has 0 aliphatic heterocycles. The van der Waals surface area contributed by atoms with Crippen molar-refractivity contribution in [1.29, 1.82) is 0 Å². The first-order chi connectivity index (χ1) is 11.9. The summed E-state index contributed by atoms with van der Waals surface area (Å²) < 4.78 is 0. The second-order valence-corrected chi connectivity index (χ2v) is 10.1. The first kappa shape index (κ1) is 18.8. The van der Waals surface area contributed by atoms with E-state index in [-0.39, 0.29) is 18.3 Å². The van der Waals surface area contributed by atoms with Crippen molar-refractivity contribution in [1.82, 2.24) is 0 Å². The number of aliphatic hydroxyl groups excluding tert-OH is 4. The van der Waals surface area contributed by atoms with Crippen LogP contribution in [0.1, 0.15) is 46.5 Å². The molecule has 0 aromatic heterocycles. The van der Waals surface area contributed by atoms with E-state index in [9.17, 15) is 30.6 Å². The molecule has 0 amide bonds. The molecule has 0 aromatic carbocycles. The molecule has 4 saturated carbocycles. The van der Waals surface area contributed by atoms with Gasteiger partial charge in [0.2, 0.25) is 0 Å². The molecule has 4 aliphatic carbocycles. The number of fused-ring (bicyclic) bond motifs is 2. The van der Waals surface area contributed by atoms with E-state index in [1.807, 2.05) is 6.92 Å². The van der Waals surface area contributed by atoms with Gasteiger partial charge < -0.3 is 30.6 Å². The van der Waals surface area contributed by atoms with Crippen LogP contribution in [0.25, 0.3) is 0 Å². The van der Waals surface area contributed by atoms with E-state index in [1.54, 1.807) is 13.8 Å². The Balaban J connectivity index is 1.88. The summed E-state index contributed by atoms with van der Waals surface area (Å²) in [6.45, 7) is 9.40. The highest BCUT2D eigenvalue weighted by molar-refractivity contribution is 5.34. The Bertz CT molecular complexity index is 648. The van der Waals surface area contributed by atoms with Gasteiger partial charge in [-0.05, 0) is 37.5 Å². The monoisotopic (exact) mass is 368 g/mol. The lowest BCUT2D eigenvalue weighted by atomic mass is 9.60. The van der Waals surface area contributed by atoms with Crippen LogP contribution in [-0.2, 0) is 0 Å². The molecule has 0 heterocycles. The van der Waals surface area contributed by atoms with E-state index < -0.39 is 52.4 Å². The third-order valence-corrected chi connectivity index (χ3v) is 8.92. The summed E-state index contributed by atoms with van der Waals surface area (Å²) >= 11 is 0. The Morgan fingerprint density at radius 2 is 1.65 bits per heavy atom. The maximum Gasteiger partial charge on any atom is 0.107 e. The highest BCUT2D eigenvalue weighted by atomic mass is 16.4. The topological polar surface area (TPSA) is 121 Å². The number of aliphatic hydroxyl groups is 6. The van der Waals surface area contributed by atoms with Crippen LogP contribution in [0, 0.1) is 28.6 Å². The Kier molecular flexibility index (Phi) is 3.70. The third kappa shape index (κ3) is 1.75. The van der Waals surface area contributed by atoms with Crippen LogP contribution in [0.3, 0.4) is 0 Å². The van der Waals surface area contributed by atoms with Gasteiger partial charge in [-0.15, -0.1) is 0 Å². The molecule has 0 radical (unpaired) electrons. The Morgan fingerprint density at radius 3 is 2.27 bits per heavy atom. The van der Waals surface area contributed by atoms with E-state index in [1.165, 1.54) is 0 Å². The summed E-state index contributed by atoms with van der Waals surface area (Å²) in [5.74, 6) is -1.23. The zero-order valence-corrected chi connectivity index (χ0v) is 15.8. The summed E-state index contributed by atoms with van der Waals surface area (Å²) in [7, 11) is 0. The Morgan fingerprint density at radius 1 is 1.04 bits per heavy atom. The van der Waals surface area contributed by atoms with Crippen molar-refractivity contribution < 1.29 is 30.6 Å². The van der Waals surface area contributed by atoms with E-state index in [0.29, 0.717) is 24.8 Å². The van der Waals surface area contributed by atoms with E-state index in [2.05, 4.69) is 6.58 Å². The van der Waals surface area contributed by atoms with Crippen molar-refractivity contribution in [3.63, 3.8) is 0 Å². The fraction of sp³-hybridized carbons (Fsp3) is 0.900. The van der Waals surface area contributed by atoms with Crippen molar-refractivity contribution in [3.05, 3.63) is 12.2 Å². The predicted octanol–water partition coefficient (Wildman–Crippen LogP) is -0.0557. The third-order valence-electron chi connectivity index (χ3n) is 8.92. The summed E-state index contributed by atoms with van der Waals surface area (Å²) in [6.07, 6.45) is -3.03. The van der Waals surface area contributed by atoms with Gasteiger partial charge in [-0.25, -0.2) is 0 Å². The zero-order valence-electron chi connectivity index (χ0n) is 15.8. The van der Waals surface area contributed by atoms with Gasteiger partial charge in [0.25, 0.3) is 0 Å². The molecule has 6 heteroatoms. The summed E-state index contributed by atoms with van der Waals surface area (Å²) in [4.78, 5) is 0. The smallest absolute Gasteiger partial charge is 0.107 e. The Labute approximate surface area is 154 Å². The van der Waals surface area contributed by atoms with Gasteiger partial charge in [0, 0.05) is 16.7 Å². The van der Waals surface area contributed by atoms with Gasteiger partial charge >= 0.3 is 0 Å². The van der Waals surface area contributed by atoms with Crippen molar-refractivity contribution in [2.45, 2.75) is 82.1 Å². The number of hydrogen-bond acceptors (Lipinski definition) is 6. The predicted molar refractivity (Wildman–Crippen MR) is 93.9 cm³/mol. The molecule has 148 valence electrons. The van der Waals surface area contributed by atoms with Crippen molar-refractivity contribution in [3.8, 4) is 0 Å². The standard InChI is InChI=1S/C20H32O6/c1-9-7-18-8-12(21)20(26)13(14(22)15(23)17(20,3)4)10(2)11(18)5-6-19(9,25)16(18)24/h9,11-16,21-26H,2,5-8H2,1,3-4H3. The maximum absolute atomic E-state index is 11.6. The molecular formula is C20H32O6. The normalized spacial score (nSPS) is 61.1. The molecular weight excluding hydrogens is 336 g/mol. The first-order valence-electron chi connectivity index (χ1n) is 9.71. The molecule has 10 unspecified atom stereocenters. The second-order valence-electron chi connectivity index (χ2n) is 10.1. The second kappa shape index (κ2) is 5.10. The Hall–Kier alpha value is -0.500. The quantitative estimate of drug-likeness (QED) is 0.333. The molecule has 0 saturated heterocycles. The minimum absolute atomic E-state index is 0.111. The minimum Gasteiger partial charge on any atom is -0.390 e. The lowest BCUT2D eigenvalue weighted by Gasteiger charge is -2.48. The van der Waals surface area contributed by atoms with Crippen LogP contribution in [0.15, 0.2) is 12.2 Å². The number of rotatable bonds is 0. The molecule has 4 fully saturated rings. The lowest BCUT2D eigenvalue weighted by molar-refractivity contribution is -0.183. The molecule has 2 bridgehead atoms. The molecule has 10 atom stereocenters. The average molecular weight is 368 g/mol. The van der Waals surface area contributed by atoms with Crippen molar-refractivity contribution in [2.75, 3.05) is 0 Å². The van der Waals surface area contributed by atoms with Crippen molar-refractivity contribution in [2.24, 2.45) is 28.6 Å². The van der Waals surface area contributed by atoms with Crippen LogP contribution < -0.4 is 0 Å². The van der Waals surface area contributed by atoms with Gasteiger partial charge in [0.05, 0.1) is 30.0 Å². The zero-order chi connectivity index (χ0) is 19.4. The van der Waals surface area contributed by atoms with Crippen LogP contribution in [-0.4, -0.2) is 66.3 Å². The van der Waals surface area contributed by atoms with E-state index >= 15 is 0 Å². The lowest BCUT2D eigenvalue weighted by Crippen LogP contribution is -2.58. The van der Waals surface area contributed by atoms with Gasteiger partial charge in [-0.2, -0.15) is 0 Å². The SMILES string of the molecule is C=C1C2CCC3(O)C(C)CC2(CC(O)C2(O)C1C(O)C(O)C2(C)C)C3O. The number of hydrogen-bond donors (Lipinski definition) is 6. The van der Waals surface area contributed by atoms with E-state index in [0.717, 1.165) is 0 Å². The summed E-state index contributed by atoms with van der Waals surface area (Å²) in [5.41, 5.74) is -4.28. The van der Waals surface area contributed by atoms with Crippen LogP contribution in [0.5, 0.6) is 0 Å². The molecule has 0 aromatic rings. The minimum atomic E-state index is -1.75. The van der Waals surface area contributed by atoms with Gasteiger partial charge in [-0.1, -0.05) is 32.9 Å². The van der Waals surface area contributed by atoms with Crippen molar-refractivity contribution >= 4 is 0 Å². The highest BCUT2D eigenvalue weighted by Gasteiger charge is 2.74. The average Bonchev–Trinajstić information content (AvgIpc) is 2.73. The highest BCUT2D eigenvalue weighted by Crippen LogP contribution is 2.68.